The van der Waals surface area contributed by atoms with Crippen LogP contribution < -0.4 is 0 Å². The van der Waals surface area contributed by atoms with Gasteiger partial charge in [0.2, 0.25) is 8.32 Å². The molecule has 1 rings (SSSR count). The predicted molar refractivity (Wildman–Crippen MR) is 91.5 cm³/mol. The third-order valence-corrected chi connectivity index (χ3v) is 10.8. The standard InChI is InChI=1S/C17H34O4Si/c1-12(2)22(13(3)4,14(5)6)20-10-15(18)9-16-11-19-17(7,8)21-16/h12-14,16H,9-11H2,1-8H3/t16-/m0/s1. The molecule has 130 valence electrons. The Hall–Kier alpha value is -0.233. The first kappa shape index (κ1) is 19.8. The van der Waals surface area contributed by atoms with Crippen molar-refractivity contribution in [2.75, 3.05) is 13.2 Å². The van der Waals surface area contributed by atoms with E-state index in [0.29, 0.717) is 29.7 Å². The number of Topliss-reactive ketones (excluding diaryl/α,β-unsaturated/α-hetero) is 1. The van der Waals surface area contributed by atoms with Crippen LogP contribution in [0.4, 0.5) is 0 Å². The van der Waals surface area contributed by atoms with Gasteiger partial charge in [0.25, 0.3) is 0 Å². The molecule has 0 bridgehead atoms. The van der Waals surface area contributed by atoms with Gasteiger partial charge in [-0.15, -0.1) is 0 Å². The van der Waals surface area contributed by atoms with Crippen molar-refractivity contribution < 1.29 is 18.7 Å². The Morgan fingerprint density at radius 3 is 2.00 bits per heavy atom. The zero-order valence-electron chi connectivity index (χ0n) is 15.6. The highest BCUT2D eigenvalue weighted by atomic mass is 28.4. The van der Waals surface area contributed by atoms with Crippen molar-refractivity contribution >= 4 is 14.1 Å². The fourth-order valence-corrected chi connectivity index (χ4v) is 9.29. The molecule has 0 aromatic rings. The summed E-state index contributed by atoms with van der Waals surface area (Å²) in [7, 11) is -1.97. The second kappa shape index (κ2) is 7.56. The maximum atomic E-state index is 12.3. The predicted octanol–water partition coefficient (Wildman–Crippen LogP) is 4.29. The highest BCUT2D eigenvalue weighted by Gasteiger charge is 2.45. The Morgan fingerprint density at radius 1 is 1.14 bits per heavy atom. The van der Waals surface area contributed by atoms with Gasteiger partial charge < -0.3 is 13.9 Å². The van der Waals surface area contributed by atoms with Crippen LogP contribution in [0.5, 0.6) is 0 Å². The third-order valence-electron chi connectivity index (χ3n) is 4.71. The lowest BCUT2D eigenvalue weighted by Crippen LogP contribution is -2.48. The second-order valence-corrected chi connectivity index (χ2v) is 13.3. The van der Waals surface area contributed by atoms with Crippen LogP contribution >= 0.6 is 0 Å². The van der Waals surface area contributed by atoms with Gasteiger partial charge in [0.1, 0.15) is 0 Å². The summed E-state index contributed by atoms with van der Waals surface area (Å²) in [6.07, 6.45) is 0.238. The fraction of sp³-hybridized carbons (Fsp3) is 0.941. The van der Waals surface area contributed by atoms with E-state index in [0.717, 1.165) is 0 Å². The minimum absolute atomic E-state index is 0.116. The average molecular weight is 331 g/mol. The Balaban J connectivity index is 2.60. The maximum Gasteiger partial charge on any atom is 0.200 e. The van der Waals surface area contributed by atoms with Gasteiger partial charge in [0.15, 0.2) is 11.6 Å². The van der Waals surface area contributed by atoms with E-state index in [1.54, 1.807) is 0 Å². The van der Waals surface area contributed by atoms with Crippen LogP contribution in [0.15, 0.2) is 0 Å². The number of carbonyl (C=O) groups is 1. The van der Waals surface area contributed by atoms with Gasteiger partial charge >= 0.3 is 0 Å². The number of rotatable bonds is 8. The molecule has 4 nitrogen and oxygen atoms in total. The van der Waals surface area contributed by atoms with Crippen molar-refractivity contribution in [3.63, 3.8) is 0 Å². The monoisotopic (exact) mass is 330 g/mol. The number of ketones is 1. The van der Waals surface area contributed by atoms with Gasteiger partial charge in [-0.2, -0.15) is 0 Å². The minimum atomic E-state index is -1.97. The Bertz CT molecular complexity index is 355. The minimum Gasteiger partial charge on any atom is -0.409 e. The van der Waals surface area contributed by atoms with Gasteiger partial charge in [-0.1, -0.05) is 41.5 Å². The normalized spacial score (nSPS) is 22.0. The molecule has 1 aliphatic heterocycles. The highest BCUT2D eigenvalue weighted by Crippen LogP contribution is 2.42. The Kier molecular flexibility index (Phi) is 6.81. The quantitative estimate of drug-likeness (QED) is 0.623. The van der Waals surface area contributed by atoms with Crippen LogP contribution in [0.25, 0.3) is 0 Å². The molecule has 1 saturated heterocycles. The molecule has 1 aliphatic rings. The van der Waals surface area contributed by atoms with Gasteiger partial charge in [0, 0.05) is 6.42 Å². The summed E-state index contributed by atoms with van der Waals surface area (Å²) in [5.41, 5.74) is 1.47. The topological polar surface area (TPSA) is 44.8 Å². The van der Waals surface area contributed by atoms with E-state index in [4.69, 9.17) is 13.9 Å². The zero-order valence-corrected chi connectivity index (χ0v) is 16.6. The first-order valence-electron chi connectivity index (χ1n) is 8.48. The zero-order chi connectivity index (χ0) is 17.1. The van der Waals surface area contributed by atoms with Gasteiger partial charge in [0.05, 0.1) is 19.3 Å². The van der Waals surface area contributed by atoms with Crippen molar-refractivity contribution in [3.05, 3.63) is 0 Å². The van der Waals surface area contributed by atoms with Crippen molar-refractivity contribution in [2.24, 2.45) is 0 Å². The lowest BCUT2D eigenvalue weighted by Gasteiger charge is -2.42. The summed E-state index contributed by atoms with van der Waals surface area (Å²) in [6.45, 7) is 17.8. The largest absolute Gasteiger partial charge is 0.409 e. The lowest BCUT2D eigenvalue weighted by molar-refractivity contribution is -0.143. The molecule has 1 atom stereocenters. The van der Waals surface area contributed by atoms with E-state index in [2.05, 4.69) is 41.5 Å². The summed E-state index contributed by atoms with van der Waals surface area (Å²) >= 11 is 0. The lowest BCUT2D eigenvalue weighted by atomic mass is 10.2. The first-order chi connectivity index (χ1) is 10.0. The van der Waals surface area contributed by atoms with Crippen molar-refractivity contribution in [3.8, 4) is 0 Å². The molecular formula is C17H34O4Si. The van der Waals surface area contributed by atoms with Crippen molar-refractivity contribution in [1.82, 2.24) is 0 Å². The van der Waals surface area contributed by atoms with Gasteiger partial charge in [-0.3, -0.25) is 4.79 Å². The molecule has 22 heavy (non-hydrogen) atoms. The van der Waals surface area contributed by atoms with E-state index in [1.165, 1.54) is 0 Å². The maximum absolute atomic E-state index is 12.3. The average Bonchev–Trinajstić information content (AvgIpc) is 2.67. The molecule has 0 radical (unpaired) electrons. The smallest absolute Gasteiger partial charge is 0.200 e. The molecule has 1 heterocycles. The first-order valence-corrected chi connectivity index (χ1v) is 10.6. The van der Waals surface area contributed by atoms with E-state index >= 15 is 0 Å². The van der Waals surface area contributed by atoms with Crippen LogP contribution in [-0.4, -0.2) is 39.2 Å². The molecule has 0 aromatic heterocycles. The van der Waals surface area contributed by atoms with E-state index in [-0.39, 0.29) is 18.5 Å². The summed E-state index contributed by atoms with van der Waals surface area (Å²) < 4.78 is 17.5. The van der Waals surface area contributed by atoms with Crippen LogP contribution in [0.1, 0.15) is 61.8 Å². The van der Waals surface area contributed by atoms with Crippen LogP contribution in [-0.2, 0) is 18.7 Å². The van der Waals surface area contributed by atoms with E-state index in [1.807, 2.05) is 13.8 Å². The highest BCUT2D eigenvalue weighted by molar-refractivity contribution is 6.77. The summed E-state index contributed by atoms with van der Waals surface area (Å²) in [5, 5.41) is 0. The molecule has 0 N–H and O–H groups in total. The molecular weight excluding hydrogens is 296 g/mol. The number of hydrogen-bond donors (Lipinski definition) is 0. The van der Waals surface area contributed by atoms with Crippen molar-refractivity contribution in [1.29, 1.82) is 0 Å². The number of carbonyl (C=O) groups excluding carboxylic acids is 1. The molecule has 0 aliphatic carbocycles. The summed E-state index contributed by atoms with van der Waals surface area (Å²) in [4.78, 5) is 12.3. The van der Waals surface area contributed by atoms with E-state index < -0.39 is 14.1 Å². The second-order valence-electron chi connectivity index (χ2n) is 7.80. The molecule has 1 fully saturated rings. The van der Waals surface area contributed by atoms with Crippen molar-refractivity contribution in [2.45, 2.75) is 90.3 Å². The molecule has 0 unspecified atom stereocenters. The molecule has 5 heteroatoms. The molecule has 0 spiro atoms. The summed E-state index contributed by atoms with van der Waals surface area (Å²) in [6, 6.07) is 0. The Morgan fingerprint density at radius 2 is 1.64 bits per heavy atom. The molecule has 0 aromatic carbocycles. The van der Waals surface area contributed by atoms with E-state index in [9.17, 15) is 4.79 Å². The number of hydrogen-bond acceptors (Lipinski definition) is 4. The third kappa shape index (κ3) is 4.63. The SMILES string of the molecule is CC(C)[Si](OCC(=O)C[C@H]1COC(C)(C)O1)(C(C)C)C(C)C. The Labute approximate surface area is 137 Å². The van der Waals surface area contributed by atoms with Crippen LogP contribution in [0.3, 0.4) is 0 Å². The fourth-order valence-electron chi connectivity index (χ4n) is 3.88. The van der Waals surface area contributed by atoms with Gasteiger partial charge in [-0.25, -0.2) is 0 Å². The van der Waals surface area contributed by atoms with Crippen LogP contribution in [0, 0.1) is 0 Å². The van der Waals surface area contributed by atoms with Gasteiger partial charge in [-0.05, 0) is 30.5 Å². The van der Waals surface area contributed by atoms with Crippen LogP contribution in [0.2, 0.25) is 16.6 Å². The molecule has 0 saturated carbocycles. The number of ether oxygens (including phenoxy) is 2. The summed E-state index contributed by atoms with van der Waals surface area (Å²) in [5.74, 6) is -0.455. The molecule has 0 amide bonds.